The number of rotatable bonds is 4. The molecule has 0 aliphatic carbocycles. The summed E-state index contributed by atoms with van der Waals surface area (Å²) < 4.78 is 35.0. The number of unbranched alkanes of at least 4 members (excludes halogenated alkanes) is 1. The third kappa shape index (κ3) is 7.14. The van der Waals surface area contributed by atoms with E-state index in [2.05, 4.69) is 6.07 Å². The Bertz CT molecular complexity index is 751. The zero-order chi connectivity index (χ0) is 20.9. The largest absolute Gasteiger partial charge is 0.487 e. The molecule has 0 atom stereocenters. The number of nitriles is 1. The average molecular weight is 413 g/mol. The summed E-state index contributed by atoms with van der Waals surface area (Å²) in [5.41, 5.74) is 0. The van der Waals surface area contributed by atoms with Crippen LogP contribution in [0.5, 0.6) is 23.0 Å². The Hall–Kier alpha value is -2.95. The Morgan fingerprint density at radius 2 is 1.27 bits per heavy atom. The molecule has 0 radical (unpaired) electrons. The summed E-state index contributed by atoms with van der Waals surface area (Å²) in [7, 11) is 0. The number of benzene rings is 2. The fourth-order valence-electron chi connectivity index (χ4n) is 2.81. The van der Waals surface area contributed by atoms with E-state index in [1.54, 1.807) is 0 Å². The molecule has 0 unspecified atom stereocenters. The van der Waals surface area contributed by atoms with Gasteiger partial charge in [-0.05, 0) is 30.7 Å². The van der Waals surface area contributed by atoms with Gasteiger partial charge in [-0.15, -0.1) is 0 Å². The Labute approximate surface area is 177 Å². The topological polar surface area (TPSA) is 79.2 Å². The Morgan fingerprint density at radius 3 is 1.77 bits per heavy atom. The Morgan fingerprint density at radius 1 is 0.767 bits per heavy atom. The molecule has 7 heteroatoms. The van der Waals surface area contributed by atoms with Crippen LogP contribution in [0.25, 0.3) is 0 Å². The molecule has 0 aromatic heterocycles. The summed E-state index contributed by atoms with van der Waals surface area (Å²) in [5, 5.41) is 8.73. The van der Waals surface area contributed by atoms with E-state index >= 15 is 0 Å². The van der Waals surface area contributed by atoms with E-state index in [0.717, 1.165) is 0 Å². The molecule has 0 N–H and O–H groups in total. The van der Waals surface area contributed by atoms with Crippen LogP contribution in [0, 0.1) is 11.3 Å². The van der Waals surface area contributed by atoms with E-state index in [9.17, 15) is 0 Å². The molecule has 3 rings (SSSR count). The van der Waals surface area contributed by atoms with Gasteiger partial charge in [-0.1, -0.05) is 24.3 Å². The van der Waals surface area contributed by atoms with Crippen molar-refractivity contribution in [2.24, 2.45) is 0 Å². The van der Waals surface area contributed by atoms with Gasteiger partial charge >= 0.3 is 0 Å². The van der Waals surface area contributed by atoms with Crippen molar-refractivity contribution in [3.8, 4) is 29.1 Å². The first-order valence-corrected chi connectivity index (χ1v) is 10.1. The Balaban J connectivity index is 1.70. The Kier molecular flexibility index (Phi) is 9.12. The van der Waals surface area contributed by atoms with E-state index in [-0.39, 0.29) is 19.3 Å². The van der Waals surface area contributed by atoms with Crippen molar-refractivity contribution in [2.45, 2.75) is 18.9 Å². The lowest BCUT2D eigenvalue weighted by atomic mass is 10.3. The zero-order valence-corrected chi connectivity index (χ0v) is 17.0. The van der Waals surface area contributed by atoms with Crippen molar-refractivity contribution >= 4 is 0 Å². The smallest absolute Gasteiger partial charge is 0.161 e. The molecule has 1 aliphatic rings. The fraction of sp³-hybridized carbons (Fsp3) is 0.435. The molecular weight excluding hydrogens is 386 g/mol. The van der Waals surface area contributed by atoms with Crippen molar-refractivity contribution in [1.29, 1.82) is 5.26 Å². The number of hydrogen-bond acceptors (Lipinski definition) is 7. The summed E-state index contributed by atoms with van der Waals surface area (Å²) in [6.07, 6.45) is 0.789. The van der Waals surface area contributed by atoms with Crippen LogP contribution in [-0.2, 0) is 9.47 Å². The van der Waals surface area contributed by atoms with E-state index in [1.165, 1.54) is 0 Å². The number of para-hydroxylation sites is 4. The SMILES string of the molecule is N#CCCCOC1COc2ccccc2OCCOCCOc2ccccc2OC1. The molecule has 0 fully saturated rings. The molecule has 0 spiro atoms. The predicted octanol–water partition coefficient (Wildman–Crippen LogP) is 3.62. The van der Waals surface area contributed by atoms with Crippen LogP contribution in [0.1, 0.15) is 12.8 Å². The zero-order valence-electron chi connectivity index (χ0n) is 17.0. The molecule has 2 aromatic rings. The first-order chi connectivity index (χ1) is 14.9. The van der Waals surface area contributed by atoms with Crippen LogP contribution < -0.4 is 18.9 Å². The number of fused-ring (bicyclic) bond motifs is 2. The summed E-state index contributed by atoms with van der Waals surface area (Å²) in [4.78, 5) is 0. The second-order valence-corrected chi connectivity index (χ2v) is 6.58. The maximum absolute atomic E-state index is 8.73. The average Bonchev–Trinajstić information content (AvgIpc) is 2.78. The normalized spacial score (nSPS) is 15.8. The minimum Gasteiger partial charge on any atom is -0.487 e. The van der Waals surface area contributed by atoms with Gasteiger partial charge in [0.15, 0.2) is 23.0 Å². The monoisotopic (exact) mass is 413 g/mol. The van der Waals surface area contributed by atoms with Gasteiger partial charge in [0, 0.05) is 13.0 Å². The van der Waals surface area contributed by atoms with Crippen molar-refractivity contribution in [2.75, 3.05) is 46.2 Å². The van der Waals surface area contributed by atoms with Crippen LogP contribution in [0.15, 0.2) is 48.5 Å². The lowest BCUT2D eigenvalue weighted by Gasteiger charge is -2.21. The van der Waals surface area contributed by atoms with Gasteiger partial charge in [0.05, 0.1) is 19.3 Å². The summed E-state index contributed by atoms with van der Waals surface area (Å²) in [6, 6.07) is 17.1. The first-order valence-electron chi connectivity index (χ1n) is 10.1. The second-order valence-electron chi connectivity index (χ2n) is 6.58. The number of nitrogens with zero attached hydrogens (tertiary/aromatic N) is 1. The molecule has 0 amide bonds. The van der Waals surface area contributed by atoms with Gasteiger partial charge in [-0.25, -0.2) is 0 Å². The molecule has 7 nitrogen and oxygen atoms in total. The summed E-state index contributed by atoms with van der Waals surface area (Å²) >= 11 is 0. The third-order valence-corrected chi connectivity index (χ3v) is 4.30. The minimum absolute atomic E-state index is 0.284. The number of hydrogen-bond donors (Lipinski definition) is 0. The highest BCUT2D eigenvalue weighted by atomic mass is 16.6. The van der Waals surface area contributed by atoms with Gasteiger partial charge in [0.25, 0.3) is 0 Å². The van der Waals surface area contributed by atoms with E-state index < -0.39 is 0 Å². The first kappa shape index (κ1) is 21.8. The van der Waals surface area contributed by atoms with Crippen molar-refractivity contribution in [3.05, 3.63) is 48.5 Å². The molecule has 0 saturated heterocycles. The van der Waals surface area contributed by atoms with Gasteiger partial charge in [-0.3, -0.25) is 0 Å². The summed E-state index contributed by atoms with van der Waals surface area (Å²) in [5.74, 6) is 2.58. The van der Waals surface area contributed by atoms with Crippen molar-refractivity contribution < 1.29 is 28.4 Å². The van der Waals surface area contributed by atoms with Gasteiger partial charge in [-0.2, -0.15) is 5.26 Å². The molecular formula is C23H27NO6. The van der Waals surface area contributed by atoms with Crippen LogP contribution in [-0.4, -0.2) is 52.4 Å². The van der Waals surface area contributed by atoms with Gasteiger partial charge in [0.1, 0.15) is 32.5 Å². The predicted molar refractivity (Wildman–Crippen MR) is 110 cm³/mol. The molecule has 1 aliphatic heterocycles. The van der Waals surface area contributed by atoms with Crippen molar-refractivity contribution in [3.63, 3.8) is 0 Å². The lowest BCUT2D eigenvalue weighted by Crippen LogP contribution is -2.29. The third-order valence-electron chi connectivity index (χ3n) is 4.30. The number of ether oxygens (including phenoxy) is 6. The van der Waals surface area contributed by atoms with E-state index in [1.807, 2.05) is 48.5 Å². The van der Waals surface area contributed by atoms with Crippen LogP contribution >= 0.6 is 0 Å². The van der Waals surface area contributed by atoms with Crippen molar-refractivity contribution in [1.82, 2.24) is 0 Å². The maximum Gasteiger partial charge on any atom is 0.161 e. The molecule has 0 saturated carbocycles. The summed E-state index contributed by atoms with van der Waals surface area (Å²) in [6.45, 7) is 2.74. The highest BCUT2D eigenvalue weighted by molar-refractivity contribution is 5.40. The molecule has 30 heavy (non-hydrogen) atoms. The standard InChI is InChI=1S/C23H27NO6/c24-11-5-6-12-26-19-17-29-22-9-3-1-7-20(22)27-15-13-25-14-16-28-21-8-2-4-10-23(21)30-18-19/h1-4,7-10,19H,5-6,12-18H2. The minimum atomic E-state index is -0.318. The molecule has 0 bridgehead atoms. The van der Waals surface area contributed by atoms with Crippen LogP contribution in [0.3, 0.4) is 0 Å². The van der Waals surface area contributed by atoms with Gasteiger partial charge < -0.3 is 28.4 Å². The highest BCUT2D eigenvalue weighted by Crippen LogP contribution is 2.28. The second kappa shape index (κ2) is 12.6. The van der Waals surface area contributed by atoms with E-state index in [4.69, 9.17) is 33.7 Å². The van der Waals surface area contributed by atoms with Crippen LogP contribution in [0.2, 0.25) is 0 Å². The molecule has 160 valence electrons. The molecule has 2 aromatic carbocycles. The van der Waals surface area contributed by atoms with Gasteiger partial charge in [0.2, 0.25) is 0 Å². The highest BCUT2D eigenvalue weighted by Gasteiger charge is 2.15. The lowest BCUT2D eigenvalue weighted by molar-refractivity contribution is -0.00960. The van der Waals surface area contributed by atoms with E-state index in [0.29, 0.717) is 68.9 Å². The van der Waals surface area contributed by atoms with Crippen LogP contribution in [0.4, 0.5) is 0 Å². The maximum atomic E-state index is 8.73. The fourth-order valence-corrected chi connectivity index (χ4v) is 2.81. The molecule has 1 heterocycles. The quantitative estimate of drug-likeness (QED) is 0.708.